The van der Waals surface area contributed by atoms with Gasteiger partial charge in [-0.05, 0) is 47.2 Å². The highest BCUT2D eigenvalue weighted by atomic mass is 16.5. The van der Waals surface area contributed by atoms with E-state index in [1.807, 2.05) is 24.3 Å². The zero-order chi connectivity index (χ0) is 19.7. The largest absolute Gasteiger partial charge is 0.474 e. The first-order chi connectivity index (χ1) is 13.5. The zero-order valence-electron chi connectivity index (χ0n) is 16.8. The highest BCUT2D eigenvalue weighted by Crippen LogP contribution is 2.25. The fraction of sp³-hybridized carbons (Fsp3) is 0.455. The molecule has 0 bridgehead atoms. The van der Waals surface area contributed by atoms with E-state index >= 15 is 0 Å². The number of nitrogens with zero attached hydrogens (tertiary/aromatic N) is 4. The average Bonchev–Trinajstić information content (AvgIpc) is 3.38. The Balaban J connectivity index is 1.77. The molecule has 0 radical (unpaired) electrons. The second kappa shape index (κ2) is 7.70. The molecule has 0 saturated heterocycles. The molecule has 4 heterocycles. The molecule has 146 valence electrons. The molecular weight excluding hydrogens is 352 g/mol. The van der Waals surface area contributed by atoms with Crippen LogP contribution in [-0.4, -0.2) is 47.1 Å². The lowest BCUT2D eigenvalue weighted by Gasteiger charge is -2.09. The first-order valence-electron chi connectivity index (χ1n) is 9.85. The molecule has 2 aromatic rings. The van der Waals surface area contributed by atoms with E-state index in [0.29, 0.717) is 48.2 Å². The minimum atomic E-state index is 0.162. The molecule has 0 aromatic carbocycles. The van der Waals surface area contributed by atoms with Crippen LogP contribution < -0.4 is 0 Å². The molecule has 2 aliphatic rings. The highest BCUT2D eigenvalue weighted by molar-refractivity contribution is 5.99. The number of rotatable bonds is 5. The van der Waals surface area contributed by atoms with Gasteiger partial charge in [0.2, 0.25) is 11.8 Å². The lowest BCUT2D eigenvalue weighted by atomic mass is 10.1. The fourth-order valence-electron chi connectivity index (χ4n) is 3.20. The molecule has 6 nitrogen and oxygen atoms in total. The van der Waals surface area contributed by atoms with Crippen molar-refractivity contribution in [3.05, 3.63) is 48.0 Å². The van der Waals surface area contributed by atoms with Gasteiger partial charge in [-0.2, -0.15) is 0 Å². The van der Waals surface area contributed by atoms with Gasteiger partial charge >= 0.3 is 0 Å². The third-order valence-electron chi connectivity index (χ3n) is 5.16. The summed E-state index contributed by atoms with van der Waals surface area (Å²) in [5, 5.41) is 0. The summed E-state index contributed by atoms with van der Waals surface area (Å²) in [6.07, 6.45) is 3.57. The molecule has 28 heavy (non-hydrogen) atoms. The second-order valence-corrected chi connectivity index (χ2v) is 7.98. The summed E-state index contributed by atoms with van der Waals surface area (Å²) in [5.41, 5.74) is 3.50. The molecule has 2 aliphatic heterocycles. The maximum atomic E-state index is 5.88. The van der Waals surface area contributed by atoms with Crippen LogP contribution in [-0.2, 0) is 9.47 Å². The third kappa shape index (κ3) is 3.77. The van der Waals surface area contributed by atoms with E-state index in [1.165, 1.54) is 0 Å². The van der Waals surface area contributed by atoms with Gasteiger partial charge in [0.05, 0.1) is 12.1 Å². The standard InChI is InChI=1S/C22H26N4O2/c1-13(2)19-11-27-21(25-19)17-9-16(15-5-7-23-8-6-15)10-18(24-17)22-26-20(12-28-22)14(3)4/h5-10,13-14,19-20H,11-12H2,1-4H3/t19-,20-/m1/s1. The minimum Gasteiger partial charge on any atom is -0.474 e. The van der Waals surface area contributed by atoms with Crippen LogP contribution in [0.25, 0.3) is 11.1 Å². The Morgan fingerprint density at radius 2 is 1.29 bits per heavy atom. The van der Waals surface area contributed by atoms with Crippen molar-refractivity contribution in [2.45, 2.75) is 39.8 Å². The van der Waals surface area contributed by atoms with Crippen molar-refractivity contribution < 1.29 is 9.47 Å². The van der Waals surface area contributed by atoms with Gasteiger partial charge in [0, 0.05) is 12.4 Å². The first kappa shape index (κ1) is 18.6. The zero-order valence-corrected chi connectivity index (χ0v) is 16.8. The van der Waals surface area contributed by atoms with Gasteiger partial charge in [-0.25, -0.2) is 15.0 Å². The van der Waals surface area contributed by atoms with Gasteiger partial charge in [0.1, 0.15) is 24.6 Å². The van der Waals surface area contributed by atoms with E-state index in [-0.39, 0.29) is 12.1 Å². The van der Waals surface area contributed by atoms with Crippen molar-refractivity contribution in [2.24, 2.45) is 21.8 Å². The molecule has 0 saturated carbocycles. The molecule has 0 spiro atoms. The van der Waals surface area contributed by atoms with Gasteiger partial charge in [0.15, 0.2) is 0 Å². The minimum absolute atomic E-state index is 0.162. The summed E-state index contributed by atoms with van der Waals surface area (Å²) >= 11 is 0. The Bertz CT molecular complexity index is 854. The van der Waals surface area contributed by atoms with E-state index in [9.17, 15) is 0 Å². The van der Waals surface area contributed by atoms with Crippen LogP contribution in [0.2, 0.25) is 0 Å². The molecule has 0 aliphatic carbocycles. The second-order valence-electron chi connectivity index (χ2n) is 7.98. The van der Waals surface area contributed by atoms with Crippen molar-refractivity contribution in [1.29, 1.82) is 0 Å². The summed E-state index contributed by atoms with van der Waals surface area (Å²) in [6, 6.07) is 8.30. The Morgan fingerprint density at radius 1 is 0.786 bits per heavy atom. The van der Waals surface area contributed by atoms with Crippen LogP contribution >= 0.6 is 0 Å². The molecule has 0 amide bonds. The third-order valence-corrected chi connectivity index (χ3v) is 5.16. The summed E-state index contributed by atoms with van der Waals surface area (Å²) in [7, 11) is 0. The maximum absolute atomic E-state index is 5.88. The van der Waals surface area contributed by atoms with Gasteiger partial charge in [-0.3, -0.25) is 4.98 Å². The summed E-state index contributed by atoms with van der Waals surface area (Å²) in [4.78, 5) is 18.4. The Kier molecular flexibility index (Phi) is 5.11. The molecule has 0 N–H and O–H groups in total. The molecular formula is C22H26N4O2. The molecule has 0 fully saturated rings. The van der Waals surface area contributed by atoms with Crippen molar-refractivity contribution >= 4 is 11.8 Å². The van der Waals surface area contributed by atoms with Gasteiger partial charge in [-0.1, -0.05) is 27.7 Å². The lowest BCUT2D eigenvalue weighted by molar-refractivity contribution is 0.290. The van der Waals surface area contributed by atoms with Crippen molar-refractivity contribution in [1.82, 2.24) is 9.97 Å². The fourth-order valence-corrected chi connectivity index (χ4v) is 3.20. The van der Waals surface area contributed by atoms with Crippen LogP contribution in [0.5, 0.6) is 0 Å². The summed E-state index contributed by atoms with van der Waals surface area (Å²) in [5.74, 6) is 2.04. The van der Waals surface area contributed by atoms with E-state index in [2.05, 4.69) is 32.7 Å². The lowest BCUT2D eigenvalue weighted by Crippen LogP contribution is -2.13. The topological polar surface area (TPSA) is 69.0 Å². The average molecular weight is 378 g/mol. The van der Waals surface area contributed by atoms with E-state index in [0.717, 1.165) is 11.1 Å². The predicted molar refractivity (Wildman–Crippen MR) is 110 cm³/mol. The number of hydrogen-bond donors (Lipinski definition) is 0. The van der Waals surface area contributed by atoms with Crippen molar-refractivity contribution in [3.63, 3.8) is 0 Å². The Labute approximate surface area is 165 Å². The van der Waals surface area contributed by atoms with Gasteiger partial charge in [0.25, 0.3) is 0 Å². The number of pyridine rings is 2. The number of aromatic nitrogens is 2. The highest BCUT2D eigenvalue weighted by Gasteiger charge is 2.27. The first-order valence-corrected chi connectivity index (χ1v) is 9.85. The maximum Gasteiger partial charge on any atom is 0.235 e. The van der Waals surface area contributed by atoms with Crippen LogP contribution in [0, 0.1) is 11.8 Å². The van der Waals surface area contributed by atoms with E-state index < -0.39 is 0 Å². The van der Waals surface area contributed by atoms with E-state index in [4.69, 9.17) is 24.4 Å². The van der Waals surface area contributed by atoms with Crippen LogP contribution in [0.3, 0.4) is 0 Å². The number of aliphatic imine (C=N–C) groups is 2. The summed E-state index contributed by atoms with van der Waals surface area (Å²) < 4.78 is 11.8. The Morgan fingerprint density at radius 3 is 1.71 bits per heavy atom. The van der Waals surface area contributed by atoms with Crippen molar-refractivity contribution in [2.75, 3.05) is 13.2 Å². The number of ether oxygens (including phenoxy) is 2. The molecule has 6 heteroatoms. The van der Waals surface area contributed by atoms with Gasteiger partial charge < -0.3 is 9.47 Å². The molecule has 4 rings (SSSR count). The monoisotopic (exact) mass is 378 g/mol. The van der Waals surface area contributed by atoms with E-state index in [1.54, 1.807) is 12.4 Å². The molecule has 2 aromatic heterocycles. The smallest absolute Gasteiger partial charge is 0.235 e. The van der Waals surface area contributed by atoms with Crippen LogP contribution in [0.15, 0.2) is 46.6 Å². The van der Waals surface area contributed by atoms with Crippen LogP contribution in [0.4, 0.5) is 0 Å². The number of hydrogen-bond acceptors (Lipinski definition) is 6. The van der Waals surface area contributed by atoms with Gasteiger partial charge in [-0.15, -0.1) is 0 Å². The van der Waals surface area contributed by atoms with Crippen LogP contribution in [0.1, 0.15) is 39.1 Å². The predicted octanol–water partition coefficient (Wildman–Crippen LogP) is 3.75. The molecule has 0 unspecified atom stereocenters. The summed E-state index contributed by atoms with van der Waals surface area (Å²) in [6.45, 7) is 9.80. The Hall–Kier alpha value is -2.76. The van der Waals surface area contributed by atoms with Crippen molar-refractivity contribution in [3.8, 4) is 11.1 Å². The normalized spacial score (nSPS) is 21.5. The SMILES string of the molecule is CC(C)[C@H]1COC(c2cc(-c3ccncc3)cc(C3=N[C@@H](C(C)C)CO3)n2)=N1. The molecule has 2 atom stereocenters. The quantitative estimate of drug-likeness (QED) is 0.795.